The molecular weight excluding hydrogens is 250 g/mol. The van der Waals surface area contributed by atoms with Gasteiger partial charge in [0.15, 0.2) is 22.5 Å². The molecule has 0 saturated carbocycles. The third kappa shape index (κ3) is 2.19. The number of halogens is 3. The van der Waals surface area contributed by atoms with Crippen LogP contribution in [0.5, 0.6) is 5.75 Å². The van der Waals surface area contributed by atoms with Gasteiger partial charge in [-0.15, -0.1) is 0 Å². The van der Waals surface area contributed by atoms with Crippen LogP contribution in [0.3, 0.4) is 0 Å². The molecule has 17 heavy (non-hydrogen) atoms. The van der Waals surface area contributed by atoms with Crippen molar-refractivity contribution in [2.45, 2.75) is 0 Å². The van der Waals surface area contributed by atoms with E-state index in [1.807, 2.05) is 0 Å². The van der Waals surface area contributed by atoms with Crippen LogP contribution in [0.1, 0.15) is 0 Å². The summed E-state index contributed by atoms with van der Waals surface area (Å²) in [6.45, 7) is 0. The minimum Gasteiger partial charge on any atom is -0.494 e. The van der Waals surface area contributed by atoms with Gasteiger partial charge in [-0.3, -0.25) is 0 Å². The fourth-order valence-corrected chi connectivity index (χ4v) is 1.50. The van der Waals surface area contributed by atoms with Crippen molar-refractivity contribution in [1.82, 2.24) is 9.97 Å². The smallest absolute Gasteiger partial charge is 0.186 e. The minimum atomic E-state index is -0.779. The molecule has 0 bridgehead atoms. The Balaban J connectivity index is 2.54. The van der Waals surface area contributed by atoms with E-state index in [4.69, 9.17) is 16.3 Å². The number of methoxy groups -OCH3 is 1. The summed E-state index contributed by atoms with van der Waals surface area (Å²) in [7, 11) is 1.35. The molecule has 2 aromatic rings. The molecule has 0 N–H and O–H groups in total. The second-order valence-corrected chi connectivity index (χ2v) is 3.53. The van der Waals surface area contributed by atoms with Crippen molar-refractivity contribution in [3.63, 3.8) is 0 Å². The molecule has 0 unspecified atom stereocenters. The monoisotopic (exact) mass is 256 g/mol. The predicted octanol–water partition coefficient (Wildman–Crippen LogP) is 3.08. The molecule has 88 valence electrons. The van der Waals surface area contributed by atoms with E-state index in [-0.39, 0.29) is 22.2 Å². The van der Waals surface area contributed by atoms with Crippen LogP contribution < -0.4 is 4.74 Å². The third-order valence-electron chi connectivity index (χ3n) is 2.17. The van der Waals surface area contributed by atoms with Gasteiger partial charge in [0.25, 0.3) is 0 Å². The molecule has 3 nitrogen and oxygen atoms in total. The van der Waals surface area contributed by atoms with Crippen LogP contribution >= 0.6 is 11.6 Å². The Bertz CT molecular complexity index is 563. The van der Waals surface area contributed by atoms with E-state index in [1.165, 1.54) is 19.2 Å². The predicted molar refractivity (Wildman–Crippen MR) is 58.9 cm³/mol. The van der Waals surface area contributed by atoms with E-state index < -0.39 is 11.6 Å². The van der Waals surface area contributed by atoms with Crippen molar-refractivity contribution in [1.29, 1.82) is 0 Å². The maximum absolute atomic E-state index is 13.6. The number of ether oxygens (including phenoxy) is 1. The minimum absolute atomic E-state index is 0.0495. The summed E-state index contributed by atoms with van der Waals surface area (Å²) in [6, 6.07) is 4.00. The Morgan fingerprint density at radius 2 is 2.00 bits per heavy atom. The number of rotatable bonds is 2. The lowest BCUT2D eigenvalue weighted by Gasteiger charge is -2.05. The Labute approximate surface area is 101 Å². The van der Waals surface area contributed by atoms with Crippen LogP contribution in [0.4, 0.5) is 8.78 Å². The summed E-state index contributed by atoms with van der Waals surface area (Å²) in [5.41, 5.74) is 0.219. The number of hydrogen-bond acceptors (Lipinski definition) is 3. The van der Waals surface area contributed by atoms with Gasteiger partial charge in [-0.25, -0.2) is 18.7 Å². The molecule has 0 aliphatic heterocycles. The van der Waals surface area contributed by atoms with Gasteiger partial charge in [0.2, 0.25) is 0 Å². The molecule has 1 heterocycles. The van der Waals surface area contributed by atoms with Gasteiger partial charge in [0, 0.05) is 5.56 Å². The van der Waals surface area contributed by atoms with Crippen LogP contribution in [0.15, 0.2) is 24.5 Å². The maximum Gasteiger partial charge on any atom is 0.186 e. The van der Waals surface area contributed by atoms with E-state index in [1.54, 1.807) is 0 Å². The highest BCUT2D eigenvalue weighted by molar-refractivity contribution is 6.29. The zero-order chi connectivity index (χ0) is 12.4. The number of aromatic nitrogens is 2. The molecule has 0 amide bonds. The van der Waals surface area contributed by atoms with Crippen LogP contribution in [0.25, 0.3) is 11.3 Å². The average molecular weight is 257 g/mol. The van der Waals surface area contributed by atoms with E-state index >= 15 is 0 Å². The van der Waals surface area contributed by atoms with E-state index in [0.29, 0.717) is 0 Å². The molecule has 0 spiro atoms. The van der Waals surface area contributed by atoms with Crippen molar-refractivity contribution in [2.24, 2.45) is 0 Å². The van der Waals surface area contributed by atoms with Gasteiger partial charge in [0.05, 0.1) is 7.11 Å². The van der Waals surface area contributed by atoms with Crippen molar-refractivity contribution < 1.29 is 13.5 Å². The lowest BCUT2D eigenvalue weighted by molar-refractivity contribution is 0.386. The van der Waals surface area contributed by atoms with Crippen molar-refractivity contribution >= 4 is 11.6 Å². The molecule has 0 aliphatic carbocycles. The molecule has 0 aliphatic rings. The Morgan fingerprint density at radius 1 is 1.24 bits per heavy atom. The first-order chi connectivity index (χ1) is 8.13. The molecule has 1 aromatic heterocycles. The fraction of sp³-hybridized carbons (Fsp3) is 0.0909. The zero-order valence-corrected chi connectivity index (χ0v) is 9.50. The van der Waals surface area contributed by atoms with Crippen molar-refractivity contribution in [2.75, 3.05) is 7.11 Å². The van der Waals surface area contributed by atoms with Crippen LogP contribution in [-0.2, 0) is 0 Å². The lowest BCUT2D eigenvalue weighted by Crippen LogP contribution is -1.94. The molecule has 0 radical (unpaired) electrons. The summed E-state index contributed by atoms with van der Waals surface area (Å²) in [4.78, 5) is 7.21. The Morgan fingerprint density at radius 3 is 2.65 bits per heavy atom. The van der Waals surface area contributed by atoms with Gasteiger partial charge >= 0.3 is 0 Å². The van der Waals surface area contributed by atoms with Crippen molar-refractivity contribution in [3.05, 3.63) is 41.3 Å². The quantitative estimate of drug-likeness (QED) is 0.775. The molecule has 1 aromatic carbocycles. The summed E-state index contributed by atoms with van der Waals surface area (Å²) in [6.07, 6.45) is 1.11. The standard InChI is InChI=1S/C11H7ClF2N2O/c1-17-8-3-2-6(4-7(8)13)10-9(14)11(12)16-5-15-10/h2-5H,1H3. The number of hydrogen-bond donors (Lipinski definition) is 0. The van der Waals surface area contributed by atoms with Gasteiger partial charge in [-0.1, -0.05) is 11.6 Å². The summed E-state index contributed by atoms with van der Waals surface area (Å²) in [5, 5.41) is -0.300. The summed E-state index contributed by atoms with van der Waals surface area (Å²) in [5.74, 6) is -1.30. The van der Waals surface area contributed by atoms with Gasteiger partial charge in [0.1, 0.15) is 12.0 Å². The topological polar surface area (TPSA) is 35.0 Å². The van der Waals surface area contributed by atoms with E-state index in [9.17, 15) is 8.78 Å². The molecule has 6 heteroatoms. The molecule has 0 atom stereocenters. The first-order valence-electron chi connectivity index (χ1n) is 4.63. The first-order valence-corrected chi connectivity index (χ1v) is 5.01. The SMILES string of the molecule is COc1ccc(-c2ncnc(Cl)c2F)cc1F. The highest BCUT2D eigenvalue weighted by atomic mass is 35.5. The first kappa shape index (κ1) is 11.7. The van der Waals surface area contributed by atoms with E-state index in [0.717, 1.165) is 12.4 Å². The Kier molecular flexibility index (Phi) is 3.19. The van der Waals surface area contributed by atoms with Crippen LogP contribution in [0.2, 0.25) is 5.15 Å². The largest absolute Gasteiger partial charge is 0.494 e. The molecular formula is C11H7ClF2N2O. The summed E-state index contributed by atoms with van der Waals surface area (Å²) >= 11 is 5.52. The number of benzene rings is 1. The van der Waals surface area contributed by atoms with Crippen molar-refractivity contribution in [3.8, 4) is 17.0 Å². The summed E-state index contributed by atoms with van der Waals surface area (Å²) < 4.78 is 31.8. The lowest BCUT2D eigenvalue weighted by atomic mass is 10.1. The highest BCUT2D eigenvalue weighted by Gasteiger charge is 2.13. The Hall–Kier alpha value is -1.75. The zero-order valence-electron chi connectivity index (χ0n) is 8.75. The van der Waals surface area contributed by atoms with Crippen LogP contribution in [-0.4, -0.2) is 17.1 Å². The molecule has 2 rings (SSSR count). The fourth-order valence-electron chi connectivity index (χ4n) is 1.36. The maximum atomic E-state index is 13.6. The van der Waals surface area contributed by atoms with E-state index in [2.05, 4.69) is 9.97 Å². The second kappa shape index (κ2) is 4.63. The second-order valence-electron chi connectivity index (χ2n) is 3.18. The normalized spacial score (nSPS) is 10.4. The average Bonchev–Trinajstić information content (AvgIpc) is 2.32. The number of nitrogens with zero attached hydrogens (tertiary/aromatic N) is 2. The van der Waals surface area contributed by atoms with Crippen LogP contribution in [0, 0.1) is 11.6 Å². The van der Waals surface area contributed by atoms with Gasteiger partial charge in [-0.05, 0) is 18.2 Å². The molecule has 0 fully saturated rings. The third-order valence-corrected chi connectivity index (χ3v) is 2.44. The van der Waals surface area contributed by atoms with Gasteiger partial charge in [-0.2, -0.15) is 0 Å². The molecule has 0 saturated heterocycles. The van der Waals surface area contributed by atoms with Gasteiger partial charge < -0.3 is 4.74 Å². The highest BCUT2D eigenvalue weighted by Crippen LogP contribution is 2.27.